The summed E-state index contributed by atoms with van der Waals surface area (Å²) in [5, 5.41) is 6.69. The molecular formula is C19H26N6. The molecule has 2 N–H and O–H groups in total. The van der Waals surface area contributed by atoms with Gasteiger partial charge in [-0.05, 0) is 42.7 Å². The molecular weight excluding hydrogens is 312 g/mol. The molecule has 25 heavy (non-hydrogen) atoms. The Morgan fingerprint density at radius 3 is 2.76 bits per heavy atom. The number of rotatable bonds is 6. The molecule has 6 heteroatoms. The third-order valence-electron chi connectivity index (χ3n) is 4.32. The molecule has 0 amide bonds. The zero-order valence-electron chi connectivity index (χ0n) is 14.8. The van der Waals surface area contributed by atoms with Gasteiger partial charge in [0.1, 0.15) is 5.82 Å². The molecule has 6 nitrogen and oxygen atoms in total. The van der Waals surface area contributed by atoms with E-state index in [4.69, 9.17) is 0 Å². The van der Waals surface area contributed by atoms with Crippen LogP contribution in [0.4, 0.5) is 5.82 Å². The van der Waals surface area contributed by atoms with Crippen molar-refractivity contribution in [2.45, 2.75) is 25.8 Å². The monoisotopic (exact) mass is 338 g/mol. The first-order chi connectivity index (χ1) is 12.3. The van der Waals surface area contributed by atoms with Crippen LogP contribution in [0.1, 0.15) is 24.1 Å². The fourth-order valence-electron chi connectivity index (χ4n) is 2.95. The van der Waals surface area contributed by atoms with Crippen LogP contribution in [0.2, 0.25) is 0 Å². The summed E-state index contributed by atoms with van der Waals surface area (Å²) in [7, 11) is 1.79. The molecule has 1 saturated heterocycles. The number of nitrogens with zero attached hydrogens (tertiary/aromatic N) is 4. The van der Waals surface area contributed by atoms with E-state index in [-0.39, 0.29) is 0 Å². The first-order valence-electron chi connectivity index (χ1n) is 8.89. The summed E-state index contributed by atoms with van der Waals surface area (Å²) in [6, 6.07) is 10.2. The van der Waals surface area contributed by atoms with Crippen LogP contribution in [0.5, 0.6) is 0 Å². The van der Waals surface area contributed by atoms with Gasteiger partial charge in [0.15, 0.2) is 5.96 Å². The van der Waals surface area contributed by atoms with E-state index in [0.717, 1.165) is 50.1 Å². The second-order valence-corrected chi connectivity index (χ2v) is 6.14. The Labute approximate surface area is 149 Å². The molecule has 2 aromatic heterocycles. The molecule has 1 fully saturated rings. The van der Waals surface area contributed by atoms with Crippen molar-refractivity contribution in [2.24, 2.45) is 4.99 Å². The molecule has 0 radical (unpaired) electrons. The Morgan fingerprint density at radius 2 is 2.00 bits per heavy atom. The summed E-state index contributed by atoms with van der Waals surface area (Å²) in [4.78, 5) is 15.5. The Hall–Kier alpha value is -2.63. The highest BCUT2D eigenvalue weighted by molar-refractivity contribution is 5.79. The maximum atomic E-state index is 4.50. The third-order valence-corrected chi connectivity index (χ3v) is 4.32. The van der Waals surface area contributed by atoms with Crippen molar-refractivity contribution < 1.29 is 0 Å². The molecule has 3 rings (SSSR count). The highest BCUT2D eigenvalue weighted by atomic mass is 15.2. The lowest BCUT2D eigenvalue weighted by molar-refractivity contribution is 0.783. The summed E-state index contributed by atoms with van der Waals surface area (Å²) in [6.45, 7) is 3.75. The zero-order chi connectivity index (χ0) is 17.3. The maximum absolute atomic E-state index is 4.50. The maximum Gasteiger partial charge on any atom is 0.191 e. The van der Waals surface area contributed by atoms with Gasteiger partial charge in [-0.15, -0.1) is 0 Å². The highest BCUT2D eigenvalue weighted by Crippen LogP contribution is 2.18. The molecule has 3 heterocycles. The summed E-state index contributed by atoms with van der Waals surface area (Å²) in [5.41, 5.74) is 2.29. The summed E-state index contributed by atoms with van der Waals surface area (Å²) in [5.74, 6) is 1.88. The van der Waals surface area contributed by atoms with Gasteiger partial charge in [0.25, 0.3) is 0 Å². The minimum atomic E-state index is 0.729. The van der Waals surface area contributed by atoms with Gasteiger partial charge in [-0.25, -0.2) is 4.98 Å². The SMILES string of the molecule is CN=C(NCCc1ccccn1)NCc1ccnc(N2CCCC2)c1. The molecule has 0 atom stereocenters. The standard InChI is InChI=1S/C19H26N6/c1-20-19(23-11-8-17-6-2-3-9-21-17)24-15-16-7-10-22-18(14-16)25-12-4-5-13-25/h2-3,6-7,9-10,14H,4-5,8,11-13,15H2,1H3,(H2,20,23,24). The molecule has 0 spiro atoms. The number of hydrogen-bond acceptors (Lipinski definition) is 4. The van der Waals surface area contributed by atoms with E-state index >= 15 is 0 Å². The number of nitrogens with one attached hydrogen (secondary N) is 2. The van der Waals surface area contributed by atoms with Crippen LogP contribution in [-0.2, 0) is 13.0 Å². The average molecular weight is 338 g/mol. The fraction of sp³-hybridized carbons (Fsp3) is 0.421. The van der Waals surface area contributed by atoms with E-state index < -0.39 is 0 Å². The Kier molecular flexibility index (Phi) is 6.20. The van der Waals surface area contributed by atoms with Crippen molar-refractivity contribution in [3.05, 3.63) is 54.0 Å². The van der Waals surface area contributed by atoms with Crippen molar-refractivity contribution in [3.63, 3.8) is 0 Å². The van der Waals surface area contributed by atoms with E-state index in [1.165, 1.54) is 18.4 Å². The van der Waals surface area contributed by atoms with E-state index in [9.17, 15) is 0 Å². The minimum absolute atomic E-state index is 0.729. The van der Waals surface area contributed by atoms with Gasteiger partial charge in [0.05, 0.1) is 0 Å². The van der Waals surface area contributed by atoms with Gasteiger partial charge >= 0.3 is 0 Å². The zero-order valence-corrected chi connectivity index (χ0v) is 14.8. The van der Waals surface area contributed by atoms with Gasteiger partial charge < -0.3 is 15.5 Å². The Bertz CT molecular complexity index is 679. The number of anilines is 1. The van der Waals surface area contributed by atoms with Crippen molar-refractivity contribution in [1.29, 1.82) is 0 Å². The number of pyridine rings is 2. The Morgan fingerprint density at radius 1 is 1.12 bits per heavy atom. The molecule has 0 aliphatic carbocycles. The Balaban J connectivity index is 1.47. The number of aliphatic imine (C=N–C) groups is 1. The van der Waals surface area contributed by atoms with E-state index in [1.54, 1.807) is 7.05 Å². The molecule has 132 valence electrons. The quantitative estimate of drug-likeness (QED) is 0.623. The minimum Gasteiger partial charge on any atom is -0.357 e. The predicted octanol–water partition coefficient (Wildman–Crippen LogP) is 1.98. The molecule has 1 aliphatic rings. The van der Waals surface area contributed by atoms with Crippen LogP contribution < -0.4 is 15.5 Å². The van der Waals surface area contributed by atoms with Crippen molar-refractivity contribution in [1.82, 2.24) is 20.6 Å². The predicted molar refractivity (Wildman–Crippen MR) is 102 cm³/mol. The van der Waals surface area contributed by atoms with Crippen LogP contribution >= 0.6 is 0 Å². The van der Waals surface area contributed by atoms with Crippen LogP contribution in [0, 0.1) is 0 Å². The lowest BCUT2D eigenvalue weighted by Gasteiger charge is -2.17. The van der Waals surface area contributed by atoms with Crippen molar-refractivity contribution in [2.75, 3.05) is 31.6 Å². The average Bonchev–Trinajstić information content (AvgIpc) is 3.20. The van der Waals surface area contributed by atoms with Crippen LogP contribution in [0.25, 0.3) is 0 Å². The van der Waals surface area contributed by atoms with Crippen LogP contribution in [-0.4, -0.2) is 42.6 Å². The molecule has 0 aromatic carbocycles. The van der Waals surface area contributed by atoms with Gasteiger partial charge in [-0.3, -0.25) is 9.98 Å². The highest BCUT2D eigenvalue weighted by Gasteiger charge is 2.13. The fourth-order valence-corrected chi connectivity index (χ4v) is 2.95. The van der Waals surface area contributed by atoms with Crippen molar-refractivity contribution >= 4 is 11.8 Å². The third kappa shape index (κ3) is 5.17. The number of aromatic nitrogens is 2. The smallest absolute Gasteiger partial charge is 0.191 e. The van der Waals surface area contributed by atoms with Crippen LogP contribution in [0.3, 0.4) is 0 Å². The first kappa shape index (κ1) is 17.2. The van der Waals surface area contributed by atoms with Crippen LogP contribution in [0.15, 0.2) is 47.7 Å². The van der Waals surface area contributed by atoms with Crippen molar-refractivity contribution in [3.8, 4) is 0 Å². The lowest BCUT2D eigenvalue weighted by atomic mass is 10.2. The van der Waals surface area contributed by atoms with E-state index in [1.807, 2.05) is 36.7 Å². The van der Waals surface area contributed by atoms with Gasteiger partial charge in [-0.2, -0.15) is 0 Å². The normalized spacial score (nSPS) is 14.6. The topological polar surface area (TPSA) is 65.4 Å². The van der Waals surface area contributed by atoms with E-state index in [2.05, 4.69) is 36.6 Å². The molecule has 1 aliphatic heterocycles. The molecule has 0 unspecified atom stereocenters. The lowest BCUT2D eigenvalue weighted by Crippen LogP contribution is -2.38. The molecule has 2 aromatic rings. The van der Waals surface area contributed by atoms with Gasteiger partial charge in [0.2, 0.25) is 0 Å². The number of hydrogen-bond donors (Lipinski definition) is 2. The van der Waals surface area contributed by atoms with Gasteiger partial charge in [-0.1, -0.05) is 6.07 Å². The van der Waals surface area contributed by atoms with Gasteiger partial charge in [0, 0.05) is 57.7 Å². The second-order valence-electron chi connectivity index (χ2n) is 6.14. The first-order valence-corrected chi connectivity index (χ1v) is 8.89. The molecule has 0 saturated carbocycles. The largest absolute Gasteiger partial charge is 0.357 e. The molecule has 0 bridgehead atoms. The summed E-state index contributed by atoms with van der Waals surface area (Å²) < 4.78 is 0. The number of guanidine groups is 1. The summed E-state index contributed by atoms with van der Waals surface area (Å²) >= 11 is 0. The second kappa shape index (κ2) is 9.01. The summed E-state index contributed by atoms with van der Waals surface area (Å²) in [6.07, 6.45) is 7.11. The van der Waals surface area contributed by atoms with E-state index in [0.29, 0.717) is 0 Å².